The van der Waals surface area contributed by atoms with E-state index >= 15 is 0 Å². The van der Waals surface area contributed by atoms with Crippen LogP contribution in [-0.2, 0) is 0 Å². The summed E-state index contributed by atoms with van der Waals surface area (Å²) in [5.74, 6) is 0.228. The number of nitrogens with one attached hydrogen (secondary N) is 1. The molecule has 2 aliphatic rings. The van der Waals surface area contributed by atoms with Crippen molar-refractivity contribution in [2.75, 3.05) is 43.4 Å². The van der Waals surface area contributed by atoms with Gasteiger partial charge in [-0.25, -0.2) is 4.98 Å². The van der Waals surface area contributed by atoms with Gasteiger partial charge in [-0.1, -0.05) is 0 Å². The number of piperazine rings is 1. The zero-order valence-electron chi connectivity index (χ0n) is 12.3. The van der Waals surface area contributed by atoms with E-state index in [0.29, 0.717) is 11.9 Å². The zero-order valence-corrected chi connectivity index (χ0v) is 12.3. The van der Waals surface area contributed by atoms with Crippen LogP contribution < -0.4 is 15.3 Å². The average molecular weight is 289 g/mol. The summed E-state index contributed by atoms with van der Waals surface area (Å²) in [6.45, 7) is 3.65. The number of aromatic carboxylic acids is 1. The van der Waals surface area contributed by atoms with Crippen molar-refractivity contribution in [1.82, 2.24) is 9.88 Å². The van der Waals surface area contributed by atoms with Gasteiger partial charge in [-0.05, 0) is 38.4 Å². The molecule has 6 nitrogen and oxygen atoms in total. The van der Waals surface area contributed by atoms with E-state index < -0.39 is 5.97 Å². The molecular weight excluding hydrogens is 268 g/mol. The standard InChI is InChI=1S/C15H22N4O2/c1-18-5-7-19(8-6-18)14-10-11(15(20)21)9-13(17-14)16-12-3-2-4-12/h9-10,12H,2-8H2,1H3,(H,16,17)(H,20,21)/p-1. The minimum absolute atomic E-state index is 0.195. The van der Waals surface area contributed by atoms with Crippen molar-refractivity contribution in [3.63, 3.8) is 0 Å². The zero-order chi connectivity index (χ0) is 14.8. The number of carboxylic acids is 1. The fourth-order valence-electron chi connectivity index (χ4n) is 2.67. The maximum Gasteiger partial charge on any atom is 0.131 e. The first kappa shape index (κ1) is 14.1. The molecular formula is C15H21N4O2-. The molecule has 0 atom stereocenters. The third kappa shape index (κ3) is 3.26. The Hall–Kier alpha value is -1.82. The van der Waals surface area contributed by atoms with E-state index in [1.165, 1.54) is 6.42 Å². The molecule has 2 heterocycles. The van der Waals surface area contributed by atoms with Gasteiger partial charge in [0.1, 0.15) is 11.6 Å². The average Bonchev–Trinajstić information content (AvgIpc) is 2.43. The maximum atomic E-state index is 11.2. The fourth-order valence-corrected chi connectivity index (χ4v) is 2.67. The molecule has 0 aromatic carbocycles. The second-order valence-electron chi connectivity index (χ2n) is 5.95. The van der Waals surface area contributed by atoms with E-state index in [2.05, 4.69) is 27.1 Å². The SMILES string of the molecule is CN1CCN(c2cc(C(=O)[O-])cc(NC3CCC3)n2)CC1. The molecule has 1 N–H and O–H groups in total. The van der Waals surface area contributed by atoms with Crippen LogP contribution in [0.5, 0.6) is 0 Å². The van der Waals surface area contributed by atoms with E-state index in [-0.39, 0.29) is 5.56 Å². The van der Waals surface area contributed by atoms with Gasteiger partial charge >= 0.3 is 0 Å². The smallest absolute Gasteiger partial charge is 0.131 e. The lowest BCUT2D eigenvalue weighted by Crippen LogP contribution is -2.45. The maximum absolute atomic E-state index is 11.2. The third-order valence-corrected chi connectivity index (χ3v) is 4.33. The lowest BCUT2D eigenvalue weighted by Gasteiger charge is -2.34. The van der Waals surface area contributed by atoms with Gasteiger partial charge in [-0.2, -0.15) is 0 Å². The molecule has 3 rings (SSSR count). The Morgan fingerprint density at radius 3 is 2.57 bits per heavy atom. The van der Waals surface area contributed by atoms with E-state index in [1.807, 2.05) is 0 Å². The van der Waals surface area contributed by atoms with Gasteiger partial charge < -0.3 is 25.0 Å². The molecule has 2 fully saturated rings. The second-order valence-corrected chi connectivity index (χ2v) is 5.95. The topological polar surface area (TPSA) is 71.5 Å². The molecule has 0 spiro atoms. The predicted octanol–water partition coefficient (Wildman–Crippen LogP) is 0.161. The van der Waals surface area contributed by atoms with Gasteiger partial charge in [0, 0.05) is 37.8 Å². The van der Waals surface area contributed by atoms with Crippen molar-refractivity contribution in [2.45, 2.75) is 25.3 Å². The van der Waals surface area contributed by atoms with Crippen LogP contribution in [0.2, 0.25) is 0 Å². The largest absolute Gasteiger partial charge is 0.545 e. The van der Waals surface area contributed by atoms with Crippen molar-refractivity contribution in [3.8, 4) is 0 Å². The molecule has 1 aromatic heterocycles. The molecule has 1 aliphatic heterocycles. The summed E-state index contributed by atoms with van der Waals surface area (Å²) < 4.78 is 0. The van der Waals surface area contributed by atoms with Crippen LogP contribution in [0.3, 0.4) is 0 Å². The summed E-state index contributed by atoms with van der Waals surface area (Å²) in [4.78, 5) is 20.2. The Balaban J connectivity index is 1.82. The van der Waals surface area contributed by atoms with Gasteiger partial charge in [0.05, 0.1) is 5.97 Å². The number of pyridine rings is 1. The van der Waals surface area contributed by atoms with Crippen LogP contribution in [0, 0.1) is 0 Å². The molecule has 1 aliphatic carbocycles. The van der Waals surface area contributed by atoms with Gasteiger partial charge in [-0.3, -0.25) is 0 Å². The molecule has 0 radical (unpaired) electrons. The summed E-state index contributed by atoms with van der Waals surface area (Å²) in [6, 6.07) is 3.62. The first-order valence-electron chi connectivity index (χ1n) is 7.55. The summed E-state index contributed by atoms with van der Waals surface area (Å²) in [6.07, 6.45) is 3.48. The molecule has 6 heteroatoms. The molecule has 21 heavy (non-hydrogen) atoms. The summed E-state index contributed by atoms with van der Waals surface area (Å²) in [5, 5.41) is 14.5. The number of anilines is 2. The van der Waals surface area contributed by atoms with Crippen LogP contribution >= 0.6 is 0 Å². The fraction of sp³-hybridized carbons (Fsp3) is 0.600. The molecule has 0 amide bonds. The van der Waals surface area contributed by atoms with Crippen LogP contribution in [0.15, 0.2) is 12.1 Å². The highest BCUT2D eigenvalue weighted by molar-refractivity contribution is 5.88. The van der Waals surface area contributed by atoms with Crippen molar-refractivity contribution < 1.29 is 9.90 Å². The highest BCUT2D eigenvalue weighted by atomic mass is 16.4. The van der Waals surface area contributed by atoms with Crippen molar-refractivity contribution in [1.29, 1.82) is 0 Å². The van der Waals surface area contributed by atoms with Gasteiger partial charge in [0.2, 0.25) is 0 Å². The van der Waals surface area contributed by atoms with E-state index in [1.54, 1.807) is 12.1 Å². The lowest BCUT2D eigenvalue weighted by molar-refractivity contribution is -0.255. The minimum atomic E-state index is -1.15. The third-order valence-electron chi connectivity index (χ3n) is 4.33. The normalized spacial score (nSPS) is 20.1. The van der Waals surface area contributed by atoms with Crippen LogP contribution in [-0.4, -0.2) is 55.1 Å². The highest BCUT2D eigenvalue weighted by Gasteiger charge is 2.20. The van der Waals surface area contributed by atoms with Crippen LogP contribution in [0.25, 0.3) is 0 Å². The van der Waals surface area contributed by atoms with Crippen molar-refractivity contribution in [3.05, 3.63) is 17.7 Å². The summed E-state index contributed by atoms with van der Waals surface area (Å²) in [5.41, 5.74) is 0.195. The van der Waals surface area contributed by atoms with Crippen LogP contribution in [0.4, 0.5) is 11.6 Å². The Kier molecular flexibility index (Phi) is 3.96. The second kappa shape index (κ2) is 5.89. The first-order chi connectivity index (χ1) is 10.1. The highest BCUT2D eigenvalue weighted by Crippen LogP contribution is 2.25. The van der Waals surface area contributed by atoms with Crippen LogP contribution in [0.1, 0.15) is 29.6 Å². The minimum Gasteiger partial charge on any atom is -0.545 e. The number of carbonyl (C=O) groups excluding carboxylic acids is 1. The molecule has 1 saturated carbocycles. The number of hydrogen-bond donors (Lipinski definition) is 1. The van der Waals surface area contributed by atoms with E-state index in [4.69, 9.17) is 0 Å². The number of nitrogens with zero attached hydrogens (tertiary/aromatic N) is 3. The van der Waals surface area contributed by atoms with Crippen molar-refractivity contribution >= 4 is 17.6 Å². The van der Waals surface area contributed by atoms with Gasteiger partial charge in [-0.15, -0.1) is 0 Å². The molecule has 0 bridgehead atoms. The first-order valence-corrected chi connectivity index (χ1v) is 7.55. The lowest BCUT2D eigenvalue weighted by atomic mass is 9.93. The number of hydrogen-bond acceptors (Lipinski definition) is 6. The van der Waals surface area contributed by atoms with E-state index in [0.717, 1.165) is 44.8 Å². The van der Waals surface area contributed by atoms with Gasteiger partial charge in [0.25, 0.3) is 0 Å². The van der Waals surface area contributed by atoms with Gasteiger partial charge in [0.15, 0.2) is 0 Å². The number of likely N-dealkylation sites (N-methyl/N-ethyl adjacent to an activating group) is 1. The molecule has 1 aromatic rings. The number of aromatic nitrogens is 1. The summed E-state index contributed by atoms with van der Waals surface area (Å²) >= 11 is 0. The molecule has 0 unspecified atom stereocenters. The van der Waals surface area contributed by atoms with E-state index in [9.17, 15) is 9.90 Å². The quantitative estimate of drug-likeness (QED) is 0.851. The molecule has 1 saturated heterocycles. The monoisotopic (exact) mass is 289 g/mol. The summed E-state index contributed by atoms with van der Waals surface area (Å²) in [7, 11) is 2.09. The predicted molar refractivity (Wildman–Crippen MR) is 79.5 cm³/mol. The Labute approximate surface area is 124 Å². The number of rotatable bonds is 4. The Bertz CT molecular complexity index is 522. The molecule has 114 valence electrons. The van der Waals surface area contributed by atoms with Crippen molar-refractivity contribution in [2.24, 2.45) is 0 Å². The Morgan fingerprint density at radius 2 is 2.00 bits per heavy atom. The number of carbonyl (C=O) groups is 1. The Morgan fingerprint density at radius 1 is 1.29 bits per heavy atom. The number of carboxylic acid groups (broad SMARTS) is 1.